The van der Waals surface area contributed by atoms with Gasteiger partial charge < -0.3 is 0 Å². The normalized spacial score (nSPS) is 18.0. The molecular weight excluding hydrogens is 354 g/mol. The summed E-state index contributed by atoms with van der Waals surface area (Å²) in [5.41, 5.74) is 3.85. The zero-order valence-electron chi connectivity index (χ0n) is 13.7. The smallest absolute Gasteiger partial charge is 0.207 e. The van der Waals surface area contributed by atoms with Crippen molar-refractivity contribution in [1.82, 2.24) is 13.1 Å². The zero-order chi connectivity index (χ0) is 17.4. The minimum absolute atomic E-state index is 0.311. The lowest BCUT2D eigenvalue weighted by Crippen LogP contribution is -2.40. The molecule has 1 aliphatic rings. The van der Waals surface area contributed by atoms with E-state index in [-0.39, 0.29) is 0 Å². The molecule has 1 atom stereocenters. The molecule has 0 saturated heterocycles. The first-order valence-electron chi connectivity index (χ1n) is 8.01. The third kappa shape index (κ3) is 2.88. The number of aromatic nitrogens is 2. The first kappa shape index (κ1) is 16.4. The zero-order valence-corrected chi connectivity index (χ0v) is 15.3. The summed E-state index contributed by atoms with van der Waals surface area (Å²) in [6.45, 7) is 2.37. The van der Waals surface area contributed by atoms with Crippen LogP contribution in [0.5, 0.6) is 0 Å². The second kappa shape index (κ2) is 6.33. The Balaban J connectivity index is 1.84. The van der Waals surface area contributed by atoms with Gasteiger partial charge in [0.25, 0.3) is 0 Å². The van der Waals surface area contributed by atoms with Gasteiger partial charge in [-0.2, -0.15) is 13.1 Å². The summed E-state index contributed by atoms with van der Waals surface area (Å²) < 4.78 is 36.6. The second-order valence-corrected chi connectivity index (χ2v) is 8.56. The number of hydrogen-bond acceptors (Lipinski definition) is 5. The molecule has 2 heterocycles. The summed E-state index contributed by atoms with van der Waals surface area (Å²) >= 11 is 1.10. The molecule has 0 spiro atoms. The number of nitrogens with zero attached hydrogens (tertiary/aromatic N) is 3. The molecule has 3 aromatic rings. The van der Waals surface area contributed by atoms with Crippen LogP contribution in [0.25, 0.3) is 0 Å². The highest BCUT2D eigenvalue weighted by Crippen LogP contribution is 2.37. The predicted molar refractivity (Wildman–Crippen MR) is 97.0 cm³/mol. The van der Waals surface area contributed by atoms with Crippen molar-refractivity contribution in [3.8, 4) is 0 Å². The maximum absolute atomic E-state index is 13.3. The van der Waals surface area contributed by atoms with Gasteiger partial charge in [0.2, 0.25) is 10.0 Å². The largest absolute Gasteiger partial charge is 0.244 e. The van der Waals surface area contributed by atoms with Crippen LogP contribution in [-0.4, -0.2) is 28.0 Å². The number of benzene rings is 2. The van der Waals surface area contributed by atoms with Gasteiger partial charge in [-0.3, -0.25) is 0 Å². The lowest BCUT2D eigenvalue weighted by Gasteiger charge is -2.35. The molecular formula is C18H17N3O2S2. The van der Waals surface area contributed by atoms with Gasteiger partial charge in [0.15, 0.2) is 0 Å². The summed E-state index contributed by atoms with van der Waals surface area (Å²) in [5.74, 6) is 0. The maximum atomic E-state index is 13.3. The average molecular weight is 371 g/mol. The SMILES string of the molecule is Cc1ccc(S(=O)(=O)N2CCc3ccccc3C2c2cnsn2)cc1. The van der Waals surface area contributed by atoms with Crippen LogP contribution in [0.15, 0.2) is 59.6 Å². The van der Waals surface area contributed by atoms with Gasteiger partial charge in [-0.1, -0.05) is 42.0 Å². The molecule has 0 bridgehead atoms. The standard InChI is InChI=1S/C18H17N3O2S2/c1-13-6-8-15(9-7-13)25(22,23)21-11-10-14-4-2-3-5-16(14)18(21)17-12-19-24-20-17/h2-9,12,18H,10-11H2,1H3. The van der Waals surface area contributed by atoms with Crippen LogP contribution in [0.4, 0.5) is 0 Å². The van der Waals surface area contributed by atoms with E-state index in [1.54, 1.807) is 22.6 Å². The monoisotopic (exact) mass is 371 g/mol. The lowest BCUT2D eigenvalue weighted by molar-refractivity contribution is 0.340. The van der Waals surface area contributed by atoms with Gasteiger partial charge in [-0.05, 0) is 36.6 Å². The highest BCUT2D eigenvalue weighted by atomic mass is 32.2. The molecule has 1 aliphatic heterocycles. The Labute approximate surface area is 151 Å². The molecule has 25 heavy (non-hydrogen) atoms. The molecule has 0 saturated carbocycles. The highest BCUT2D eigenvalue weighted by molar-refractivity contribution is 7.89. The van der Waals surface area contributed by atoms with Gasteiger partial charge in [0.05, 0.1) is 34.6 Å². The molecule has 1 aromatic heterocycles. The average Bonchev–Trinajstić information content (AvgIpc) is 3.15. The van der Waals surface area contributed by atoms with E-state index in [1.807, 2.05) is 37.3 Å². The topological polar surface area (TPSA) is 63.2 Å². The molecule has 0 N–H and O–H groups in total. The molecule has 4 rings (SSSR count). The summed E-state index contributed by atoms with van der Waals surface area (Å²) in [6.07, 6.45) is 2.35. The van der Waals surface area contributed by atoms with Gasteiger partial charge in [-0.15, -0.1) is 0 Å². The van der Waals surface area contributed by atoms with Crippen molar-refractivity contribution in [2.45, 2.75) is 24.3 Å². The van der Waals surface area contributed by atoms with Gasteiger partial charge in [0, 0.05) is 6.54 Å². The minimum Gasteiger partial charge on any atom is -0.207 e. The minimum atomic E-state index is -3.63. The molecule has 0 aliphatic carbocycles. The van der Waals surface area contributed by atoms with Crippen molar-refractivity contribution in [2.24, 2.45) is 0 Å². The molecule has 5 nitrogen and oxygen atoms in total. The first-order valence-corrected chi connectivity index (χ1v) is 10.2. The summed E-state index contributed by atoms with van der Waals surface area (Å²) in [6, 6.07) is 14.5. The quantitative estimate of drug-likeness (QED) is 0.709. The van der Waals surface area contributed by atoms with E-state index in [4.69, 9.17) is 0 Å². The van der Waals surface area contributed by atoms with Crippen LogP contribution in [0, 0.1) is 6.92 Å². The predicted octanol–water partition coefficient (Wildman–Crippen LogP) is 3.18. The molecule has 0 fully saturated rings. The molecule has 0 amide bonds. The number of hydrogen-bond donors (Lipinski definition) is 0. The van der Waals surface area contributed by atoms with E-state index in [9.17, 15) is 8.42 Å². The van der Waals surface area contributed by atoms with E-state index in [0.717, 1.165) is 28.4 Å². The summed E-state index contributed by atoms with van der Waals surface area (Å²) in [4.78, 5) is 0.311. The number of rotatable bonds is 3. The Bertz CT molecular complexity index is 983. The van der Waals surface area contributed by atoms with Crippen molar-refractivity contribution in [2.75, 3.05) is 6.54 Å². The highest BCUT2D eigenvalue weighted by Gasteiger charge is 2.38. The molecule has 2 aromatic carbocycles. The Hall–Kier alpha value is -2.09. The van der Waals surface area contributed by atoms with Crippen molar-refractivity contribution >= 4 is 21.8 Å². The Morgan fingerprint density at radius 3 is 2.60 bits per heavy atom. The van der Waals surface area contributed by atoms with Gasteiger partial charge >= 0.3 is 0 Å². The number of sulfonamides is 1. The van der Waals surface area contributed by atoms with E-state index in [2.05, 4.69) is 14.8 Å². The van der Waals surface area contributed by atoms with Crippen molar-refractivity contribution in [3.63, 3.8) is 0 Å². The van der Waals surface area contributed by atoms with Crippen LogP contribution < -0.4 is 0 Å². The molecule has 1 unspecified atom stereocenters. The Kier molecular flexibility index (Phi) is 4.15. The molecule has 128 valence electrons. The fourth-order valence-corrected chi connectivity index (χ4v) is 5.27. The van der Waals surface area contributed by atoms with Crippen LogP contribution >= 0.6 is 11.7 Å². The van der Waals surface area contributed by atoms with Gasteiger partial charge in [-0.25, -0.2) is 8.42 Å². The van der Waals surface area contributed by atoms with E-state index in [0.29, 0.717) is 23.6 Å². The van der Waals surface area contributed by atoms with Crippen molar-refractivity contribution < 1.29 is 8.42 Å². The molecule has 0 radical (unpaired) electrons. The summed E-state index contributed by atoms with van der Waals surface area (Å²) in [5, 5.41) is 0. The Morgan fingerprint density at radius 1 is 1.12 bits per heavy atom. The fourth-order valence-electron chi connectivity index (χ4n) is 3.25. The van der Waals surface area contributed by atoms with E-state index < -0.39 is 16.1 Å². The van der Waals surface area contributed by atoms with Crippen LogP contribution in [0.3, 0.4) is 0 Å². The Morgan fingerprint density at radius 2 is 1.88 bits per heavy atom. The maximum Gasteiger partial charge on any atom is 0.244 e. The van der Waals surface area contributed by atoms with E-state index in [1.165, 1.54) is 0 Å². The van der Waals surface area contributed by atoms with Gasteiger partial charge in [0.1, 0.15) is 0 Å². The van der Waals surface area contributed by atoms with E-state index >= 15 is 0 Å². The number of aryl methyl sites for hydroxylation is 1. The third-order valence-electron chi connectivity index (χ3n) is 4.53. The fraction of sp³-hybridized carbons (Fsp3) is 0.222. The van der Waals surface area contributed by atoms with Crippen LogP contribution in [0.2, 0.25) is 0 Å². The number of fused-ring (bicyclic) bond motifs is 1. The second-order valence-electron chi connectivity index (χ2n) is 6.11. The molecule has 7 heteroatoms. The third-order valence-corrected chi connectivity index (χ3v) is 6.90. The van der Waals surface area contributed by atoms with Crippen LogP contribution in [-0.2, 0) is 16.4 Å². The van der Waals surface area contributed by atoms with Crippen molar-refractivity contribution in [1.29, 1.82) is 0 Å². The lowest BCUT2D eigenvalue weighted by atomic mass is 9.93. The van der Waals surface area contributed by atoms with Crippen molar-refractivity contribution in [3.05, 3.63) is 77.1 Å². The summed E-state index contributed by atoms with van der Waals surface area (Å²) in [7, 11) is -3.63. The first-order chi connectivity index (χ1) is 12.1. The van der Waals surface area contributed by atoms with Crippen LogP contribution in [0.1, 0.15) is 28.4 Å².